The number of carbonyl (C=O) groups is 2. The van der Waals surface area contributed by atoms with Crippen molar-refractivity contribution in [2.45, 2.75) is 6.92 Å². The molecule has 0 aliphatic rings. The number of ketones is 1. The van der Waals surface area contributed by atoms with Gasteiger partial charge in [-0.05, 0) is 37.3 Å². The molecule has 2 N–H and O–H groups in total. The highest BCUT2D eigenvalue weighted by atomic mass is 16.2. The van der Waals surface area contributed by atoms with Crippen molar-refractivity contribution < 1.29 is 9.59 Å². The lowest BCUT2D eigenvalue weighted by atomic mass is 10.1. The summed E-state index contributed by atoms with van der Waals surface area (Å²) in [4.78, 5) is 32.3. The summed E-state index contributed by atoms with van der Waals surface area (Å²) in [5.74, 6) is -1.23. The lowest BCUT2D eigenvalue weighted by Gasteiger charge is -2.06. The average Bonchev–Trinajstić information content (AvgIpc) is 3.05. The van der Waals surface area contributed by atoms with E-state index in [1.165, 1.54) is 0 Å². The van der Waals surface area contributed by atoms with Crippen LogP contribution < -0.4 is 5.32 Å². The molecular formula is C20H15N3O2. The van der Waals surface area contributed by atoms with Gasteiger partial charge >= 0.3 is 0 Å². The molecule has 5 heteroatoms. The molecule has 1 amide bonds. The average molecular weight is 329 g/mol. The second kappa shape index (κ2) is 5.87. The minimum absolute atomic E-state index is 0.367. The molecule has 0 aliphatic heterocycles. The Morgan fingerprint density at radius 3 is 2.76 bits per heavy atom. The van der Waals surface area contributed by atoms with Gasteiger partial charge in [0.2, 0.25) is 0 Å². The van der Waals surface area contributed by atoms with E-state index in [2.05, 4.69) is 15.3 Å². The second-order valence-electron chi connectivity index (χ2n) is 5.89. The van der Waals surface area contributed by atoms with Gasteiger partial charge in [0.15, 0.2) is 0 Å². The van der Waals surface area contributed by atoms with Crippen LogP contribution >= 0.6 is 0 Å². The number of aryl methyl sites for hydroxylation is 1. The van der Waals surface area contributed by atoms with E-state index in [1.54, 1.807) is 12.3 Å². The summed E-state index contributed by atoms with van der Waals surface area (Å²) < 4.78 is 0. The number of carbonyl (C=O) groups excluding carboxylic acids is 2. The van der Waals surface area contributed by atoms with E-state index in [9.17, 15) is 9.59 Å². The molecule has 5 nitrogen and oxygen atoms in total. The number of anilines is 1. The molecule has 0 atom stereocenters. The summed E-state index contributed by atoms with van der Waals surface area (Å²) >= 11 is 0. The van der Waals surface area contributed by atoms with Gasteiger partial charge in [0.25, 0.3) is 11.7 Å². The van der Waals surface area contributed by atoms with Crippen LogP contribution in [0, 0.1) is 6.92 Å². The number of para-hydroxylation sites is 1. The van der Waals surface area contributed by atoms with Crippen molar-refractivity contribution in [2.75, 3.05) is 5.32 Å². The molecule has 2 heterocycles. The fourth-order valence-corrected chi connectivity index (χ4v) is 2.87. The van der Waals surface area contributed by atoms with E-state index < -0.39 is 11.7 Å². The van der Waals surface area contributed by atoms with Gasteiger partial charge in [-0.3, -0.25) is 14.6 Å². The first kappa shape index (κ1) is 15.1. The molecule has 0 spiro atoms. The Labute approximate surface area is 143 Å². The topological polar surface area (TPSA) is 74.8 Å². The largest absolute Gasteiger partial charge is 0.360 e. The summed E-state index contributed by atoms with van der Waals surface area (Å²) in [7, 11) is 0. The molecule has 0 radical (unpaired) electrons. The standard InChI is InChI=1S/C20H15N3O2/c1-12-6-7-13-10-14(8-9-17(13)22-12)23-20(25)19(24)16-11-21-18-5-3-2-4-15(16)18/h2-11,21H,1H3,(H,23,25). The van der Waals surface area contributed by atoms with Crippen LogP contribution in [0.3, 0.4) is 0 Å². The molecule has 0 aliphatic carbocycles. The predicted molar refractivity (Wildman–Crippen MR) is 97.7 cm³/mol. The number of hydrogen-bond acceptors (Lipinski definition) is 3. The van der Waals surface area contributed by atoms with E-state index in [1.807, 2.05) is 55.5 Å². The van der Waals surface area contributed by atoms with Crippen molar-refractivity contribution in [3.63, 3.8) is 0 Å². The van der Waals surface area contributed by atoms with Crippen LogP contribution in [-0.4, -0.2) is 21.7 Å². The molecule has 0 fully saturated rings. The Balaban J connectivity index is 1.61. The van der Waals surface area contributed by atoms with Gasteiger partial charge in [0.05, 0.1) is 11.1 Å². The monoisotopic (exact) mass is 329 g/mol. The van der Waals surface area contributed by atoms with Crippen LogP contribution in [0.5, 0.6) is 0 Å². The van der Waals surface area contributed by atoms with Gasteiger partial charge in [-0.2, -0.15) is 0 Å². The number of nitrogens with zero attached hydrogens (tertiary/aromatic N) is 1. The lowest BCUT2D eigenvalue weighted by Crippen LogP contribution is -2.22. The molecule has 2 aromatic carbocycles. The molecule has 0 unspecified atom stereocenters. The highest BCUT2D eigenvalue weighted by Gasteiger charge is 2.20. The van der Waals surface area contributed by atoms with Crippen molar-refractivity contribution in [1.29, 1.82) is 0 Å². The fourth-order valence-electron chi connectivity index (χ4n) is 2.87. The number of benzene rings is 2. The molecule has 25 heavy (non-hydrogen) atoms. The number of H-pyrrole nitrogens is 1. The third-order valence-corrected chi connectivity index (χ3v) is 4.13. The third kappa shape index (κ3) is 2.76. The highest BCUT2D eigenvalue weighted by molar-refractivity contribution is 6.48. The smallest absolute Gasteiger partial charge is 0.296 e. The number of rotatable bonds is 3. The Morgan fingerprint density at radius 1 is 1.04 bits per heavy atom. The maximum Gasteiger partial charge on any atom is 0.296 e. The quantitative estimate of drug-likeness (QED) is 0.443. The predicted octanol–water partition coefficient (Wildman–Crippen LogP) is 3.85. The second-order valence-corrected chi connectivity index (χ2v) is 5.89. The molecule has 0 bridgehead atoms. The molecule has 0 saturated heterocycles. The van der Waals surface area contributed by atoms with Gasteiger partial charge in [-0.1, -0.05) is 24.3 Å². The summed E-state index contributed by atoms with van der Waals surface area (Å²) in [6, 6.07) is 16.6. The van der Waals surface area contributed by atoms with Gasteiger partial charge in [0.1, 0.15) is 0 Å². The van der Waals surface area contributed by atoms with Gasteiger partial charge in [-0.25, -0.2) is 0 Å². The summed E-state index contributed by atoms with van der Waals surface area (Å²) in [6.45, 7) is 1.93. The number of amides is 1. The van der Waals surface area contributed by atoms with E-state index >= 15 is 0 Å². The van der Waals surface area contributed by atoms with Crippen LogP contribution in [0.25, 0.3) is 21.8 Å². The summed E-state index contributed by atoms with van der Waals surface area (Å²) in [5, 5.41) is 4.31. The number of pyridine rings is 1. The SMILES string of the molecule is Cc1ccc2cc(NC(=O)C(=O)c3c[nH]c4ccccc34)ccc2n1. The minimum atomic E-state index is -0.663. The van der Waals surface area contributed by atoms with E-state index in [-0.39, 0.29) is 0 Å². The Bertz CT molecular complexity index is 1130. The van der Waals surface area contributed by atoms with Gasteiger partial charge in [-0.15, -0.1) is 0 Å². The van der Waals surface area contributed by atoms with Crippen molar-refractivity contribution in [3.8, 4) is 0 Å². The van der Waals surface area contributed by atoms with Crippen molar-refractivity contribution in [1.82, 2.24) is 9.97 Å². The first-order valence-corrected chi connectivity index (χ1v) is 7.91. The van der Waals surface area contributed by atoms with Crippen LogP contribution in [0.15, 0.2) is 60.8 Å². The van der Waals surface area contributed by atoms with Gasteiger partial charge < -0.3 is 10.3 Å². The number of fused-ring (bicyclic) bond motifs is 2. The zero-order valence-corrected chi connectivity index (χ0v) is 13.5. The normalized spacial score (nSPS) is 10.9. The van der Waals surface area contributed by atoms with Crippen LogP contribution in [0.2, 0.25) is 0 Å². The summed E-state index contributed by atoms with van der Waals surface area (Å²) in [6.07, 6.45) is 1.57. The zero-order chi connectivity index (χ0) is 17.4. The van der Waals surface area contributed by atoms with Crippen LogP contribution in [0.4, 0.5) is 5.69 Å². The molecule has 0 saturated carbocycles. The highest BCUT2D eigenvalue weighted by Crippen LogP contribution is 2.20. The molecule has 4 rings (SSSR count). The van der Waals surface area contributed by atoms with Crippen molar-refractivity contribution in [3.05, 3.63) is 72.1 Å². The van der Waals surface area contributed by atoms with E-state index in [4.69, 9.17) is 0 Å². The number of hydrogen-bond donors (Lipinski definition) is 2. The maximum atomic E-state index is 12.5. The maximum absolute atomic E-state index is 12.5. The first-order chi connectivity index (χ1) is 12.1. The number of aromatic amines is 1. The number of aromatic nitrogens is 2. The number of nitrogens with one attached hydrogen (secondary N) is 2. The van der Waals surface area contributed by atoms with Crippen molar-refractivity contribution >= 4 is 39.2 Å². The van der Waals surface area contributed by atoms with E-state index in [0.717, 1.165) is 27.5 Å². The molecular weight excluding hydrogens is 314 g/mol. The fraction of sp³-hybridized carbons (Fsp3) is 0.0500. The molecule has 4 aromatic rings. The van der Waals surface area contributed by atoms with Crippen LogP contribution in [0.1, 0.15) is 16.1 Å². The first-order valence-electron chi connectivity index (χ1n) is 7.91. The van der Waals surface area contributed by atoms with Crippen LogP contribution in [-0.2, 0) is 4.79 Å². The minimum Gasteiger partial charge on any atom is -0.360 e. The molecule has 122 valence electrons. The molecule has 2 aromatic heterocycles. The Hall–Kier alpha value is -3.47. The van der Waals surface area contributed by atoms with Crippen molar-refractivity contribution in [2.24, 2.45) is 0 Å². The van der Waals surface area contributed by atoms with Gasteiger partial charge in [0, 0.05) is 33.9 Å². The zero-order valence-electron chi connectivity index (χ0n) is 13.5. The third-order valence-electron chi connectivity index (χ3n) is 4.13. The summed E-state index contributed by atoms with van der Waals surface area (Å²) in [5.41, 5.74) is 3.54. The lowest BCUT2D eigenvalue weighted by molar-refractivity contribution is -0.112. The van der Waals surface area contributed by atoms with E-state index in [0.29, 0.717) is 11.3 Å². The Kier molecular flexibility index (Phi) is 3.54. The Morgan fingerprint density at radius 2 is 1.88 bits per heavy atom. The number of Topliss-reactive ketones (excluding diaryl/α,β-unsaturated/α-hetero) is 1.